The Morgan fingerprint density at radius 2 is 1.95 bits per heavy atom. The van der Waals surface area contributed by atoms with Gasteiger partial charge in [0, 0.05) is 6.54 Å². The molecule has 4 nitrogen and oxygen atoms in total. The molecule has 0 aliphatic carbocycles. The van der Waals surface area contributed by atoms with Crippen LogP contribution in [0.4, 0.5) is 10.1 Å². The third-order valence-corrected chi connectivity index (χ3v) is 4.57. The summed E-state index contributed by atoms with van der Waals surface area (Å²) >= 11 is 0. The van der Waals surface area contributed by atoms with Crippen LogP contribution in [-0.2, 0) is 16.4 Å². The molecule has 0 aliphatic heterocycles. The molecular formula is C15H17FN2O2S. The van der Waals surface area contributed by atoms with Crippen LogP contribution in [-0.4, -0.2) is 15.0 Å². The topological polar surface area (TPSA) is 72.2 Å². The van der Waals surface area contributed by atoms with Crippen LogP contribution in [0.5, 0.6) is 0 Å². The Kier molecular flexibility index (Phi) is 4.59. The van der Waals surface area contributed by atoms with E-state index in [4.69, 9.17) is 5.73 Å². The molecule has 0 heterocycles. The van der Waals surface area contributed by atoms with Gasteiger partial charge in [0.25, 0.3) is 0 Å². The second kappa shape index (κ2) is 6.24. The Balaban J connectivity index is 2.06. The lowest BCUT2D eigenvalue weighted by Gasteiger charge is -2.09. The highest BCUT2D eigenvalue weighted by Crippen LogP contribution is 2.19. The van der Waals surface area contributed by atoms with E-state index >= 15 is 0 Å². The zero-order valence-corrected chi connectivity index (χ0v) is 12.5. The molecule has 112 valence electrons. The first-order chi connectivity index (χ1) is 9.88. The van der Waals surface area contributed by atoms with Gasteiger partial charge in [0.2, 0.25) is 10.0 Å². The van der Waals surface area contributed by atoms with Gasteiger partial charge in [0.05, 0.1) is 5.69 Å². The minimum absolute atomic E-state index is 0.0273. The number of halogens is 1. The van der Waals surface area contributed by atoms with E-state index in [1.165, 1.54) is 6.07 Å². The predicted octanol–water partition coefficient (Wildman–Crippen LogP) is 2.24. The summed E-state index contributed by atoms with van der Waals surface area (Å²) in [5, 5.41) is 0. The quantitative estimate of drug-likeness (QED) is 0.832. The molecule has 0 bridgehead atoms. The molecule has 0 amide bonds. The van der Waals surface area contributed by atoms with Crippen molar-refractivity contribution in [3.8, 4) is 0 Å². The van der Waals surface area contributed by atoms with Crippen molar-refractivity contribution in [1.29, 1.82) is 0 Å². The summed E-state index contributed by atoms with van der Waals surface area (Å²) in [6.45, 7) is 2.20. The lowest BCUT2D eigenvalue weighted by atomic mass is 10.1. The average molecular weight is 308 g/mol. The zero-order valence-electron chi connectivity index (χ0n) is 11.6. The van der Waals surface area contributed by atoms with Crippen LogP contribution in [0.25, 0.3) is 0 Å². The van der Waals surface area contributed by atoms with E-state index in [1.807, 2.05) is 31.2 Å². The van der Waals surface area contributed by atoms with Crippen molar-refractivity contribution in [2.75, 3.05) is 12.3 Å². The van der Waals surface area contributed by atoms with Crippen molar-refractivity contribution in [2.45, 2.75) is 18.2 Å². The van der Waals surface area contributed by atoms with Gasteiger partial charge in [-0.1, -0.05) is 29.8 Å². The van der Waals surface area contributed by atoms with Gasteiger partial charge in [0.15, 0.2) is 0 Å². The summed E-state index contributed by atoms with van der Waals surface area (Å²) < 4.78 is 39.8. The first kappa shape index (κ1) is 15.5. The summed E-state index contributed by atoms with van der Waals surface area (Å²) in [5.74, 6) is -0.636. The number of sulfonamides is 1. The summed E-state index contributed by atoms with van der Waals surface area (Å²) in [4.78, 5) is -0.230. The smallest absolute Gasteiger partial charge is 0.242 e. The van der Waals surface area contributed by atoms with Crippen molar-refractivity contribution in [3.05, 3.63) is 59.4 Å². The summed E-state index contributed by atoms with van der Waals surface area (Å²) in [5.41, 5.74) is 7.77. The first-order valence-electron chi connectivity index (χ1n) is 6.49. The number of nitrogens with two attached hydrogens (primary N) is 1. The fraction of sp³-hybridized carbons (Fsp3) is 0.200. The maximum atomic E-state index is 13.2. The van der Waals surface area contributed by atoms with E-state index in [9.17, 15) is 12.8 Å². The van der Waals surface area contributed by atoms with Crippen molar-refractivity contribution < 1.29 is 12.8 Å². The van der Waals surface area contributed by atoms with Gasteiger partial charge in [-0.15, -0.1) is 0 Å². The molecule has 2 aromatic rings. The predicted molar refractivity (Wildman–Crippen MR) is 80.9 cm³/mol. The monoisotopic (exact) mass is 308 g/mol. The summed E-state index contributed by atoms with van der Waals surface area (Å²) in [6.07, 6.45) is 0.552. The van der Waals surface area contributed by atoms with Gasteiger partial charge >= 0.3 is 0 Å². The largest absolute Gasteiger partial charge is 0.398 e. The van der Waals surface area contributed by atoms with Gasteiger partial charge in [0.1, 0.15) is 10.7 Å². The van der Waals surface area contributed by atoms with Gasteiger partial charge in [-0.2, -0.15) is 0 Å². The number of hydrogen-bond acceptors (Lipinski definition) is 3. The molecule has 2 aromatic carbocycles. The second-order valence-corrected chi connectivity index (χ2v) is 6.55. The Morgan fingerprint density at radius 1 is 1.19 bits per heavy atom. The van der Waals surface area contributed by atoms with E-state index < -0.39 is 15.8 Å². The number of anilines is 1. The highest BCUT2D eigenvalue weighted by atomic mass is 32.2. The molecule has 0 aliphatic rings. The van der Waals surface area contributed by atoms with Gasteiger partial charge in [-0.3, -0.25) is 0 Å². The van der Waals surface area contributed by atoms with Crippen molar-refractivity contribution >= 4 is 15.7 Å². The maximum absolute atomic E-state index is 13.2. The molecule has 2 rings (SSSR count). The van der Waals surface area contributed by atoms with Crippen molar-refractivity contribution in [3.63, 3.8) is 0 Å². The highest BCUT2D eigenvalue weighted by molar-refractivity contribution is 7.89. The average Bonchev–Trinajstić information content (AvgIpc) is 2.41. The molecule has 0 spiro atoms. The van der Waals surface area contributed by atoms with Crippen LogP contribution in [0.15, 0.2) is 47.4 Å². The van der Waals surface area contributed by atoms with Crippen molar-refractivity contribution in [1.82, 2.24) is 4.72 Å². The number of nitrogens with one attached hydrogen (secondary N) is 1. The van der Waals surface area contributed by atoms with Crippen LogP contribution >= 0.6 is 0 Å². The number of rotatable bonds is 5. The molecule has 3 N–H and O–H groups in total. The molecule has 0 unspecified atom stereocenters. The molecule has 0 fully saturated rings. The number of nitrogen functional groups attached to an aromatic ring is 1. The normalized spacial score (nSPS) is 11.5. The van der Waals surface area contributed by atoms with Gasteiger partial charge < -0.3 is 5.73 Å². The van der Waals surface area contributed by atoms with Crippen LogP contribution < -0.4 is 10.5 Å². The Morgan fingerprint density at radius 3 is 2.67 bits per heavy atom. The fourth-order valence-electron chi connectivity index (χ4n) is 2.02. The molecule has 0 radical (unpaired) electrons. The van der Waals surface area contributed by atoms with Crippen LogP contribution in [0.1, 0.15) is 11.1 Å². The minimum atomic E-state index is -3.81. The first-order valence-corrected chi connectivity index (χ1v) is 7.97. The molecule has 0 saturated heterocycles. The maximum Gasteiger partial charge on any atom is 0.242 e. The molecule has 21 heavy (non-hydrogen) atoms. The van der Waals surface area contributed by atoms with E-state index in [2.05, 4.69) is 4.72 Å². The van der Waals surface area contributed by atoms with Crippen molar-refractivity contribution in [2.24, 2.45) is 0 Å². The van der Waals surface area contributed by atoms with E-state index in [0.717, 1.165) is 23.3 Å². The molecule has 6 heteroatoms. The lowest BCUT2D eigenvalue weighted by Crippen LogP contribution is -2.26. The van der Waals surface area contributed by atoms with Gasteiger partial charge in [-0.05, 0) is 37.1 Å². The second-order valence-electron chi connectivity index (χ2n) is 4.82. The SMILES string of the molecule is Cc1cccc(CCNS(=O)(=O)c2cc(F)ccc2N)c1. The van der Waals surface area contributed by atoms with E-state index in [-0.39, 0.29) is 17.1 Å². The number of aryl methyl sites for hydroxylation is 1. The third-order valence-electron chi connectivity index (χ3n) is 3.05. The third kappa shape index (κ3) is 4.03. The van der Waals surface area contributed by atoms with Gasteiger partial charge in [-0.25, -0.2) is 17.5 Å². The van der Waals surface area contributed by atoms with E-state index in [0.29, 0.717) is 6.42 Å². The molecule has 0 aromatic heterocycles. The fourth-order valence-corrected chi connectivity index (χ4v) is 3.19. The molecular weight excluding hydrogens is 291 g/mol. The summed E-state index contributed by atoms with van der Waals surface area (Å²) in [7, 11) is -3.81. The van der Waals surface area contributed by atoms with E-state index in [1.54, 1.807) is 0 Å². The van der Waals surface area contributed by atoms with Crippen LogP contribution in [0, 0.1) is 12.7 Å². The van der Waals surface area contributed by atoms with Crippen LogP contribution in [0.2, 0.25) is 0 Å². The highest BCUT2D eigenvalue weighted by Gasteiger charge is 2.17. The minimum Gasteiger partial charge on any atom is -0.398 e. The molecule has 0 saturated carbocycles. The Bertz CT molecular complexity index is 745. The zero-order chi connectivity index (χ0) is 15.5. The van der Waals surface area contributed by atoms with Crippen LogP contribution in [0.3, 0.4) is 0 Å². The Hall–Kier alpha value is -1.92. The number of hydrogen-bond donors (Lipinski definition) is 2. The number of benzene rings is 2. The Labute approximate surface area is 123 Å². The standard InChI is InChI=1S/C15H17FN2O2S/c1-11-3-2-4-12(9-11)7-8-18-21(19,20)15-10-13(16)5-6-14(15)17/h2-6,9-10,18H,7-8,17H2,1H3. The lowest BCUT2D eigenvalue weighted by molar-refractivity contribution is 0.578. The molecule has 0 atom stereocenters. The summed E-state index contributed by atoms with van der Waals surface area (Å²) in [6, 6.07) is 11.1.